The minimum Gasteiger partial charge on any atom is -0.458 e. The number of aliphatic hydroxyl groups is 1. The standard InChI is InChI=1S/C17H26O4/c1-7-17(6,20)11-16(21-14(5)18)10-13(4)9-15(19)8-12(2)3/h7-8,10,16,20H,1,9,11H2,2-6H3. The molecule has 0 radical (unpaired) electrons. The third kappa shape index (κ3) is 9.79. The van der Waals surface area contributed by atoms with Crippen molar-refractivity contribution in [2.24, 2.45) is 0 Å². The van der Waals surface area contributed by atoms with Gasteiger partial charge >= 0.3 is 5.97 Å². The first-order chi connectivity index (χ1) is 9.55. The van der Waals surface area contributed by atoms with Crippen LogP contribution < -0.4 is 0 Å². The lowest BCUT2D eigenvalue weighted by atomic mass is 9.96. The number of ketones is 1. The Morgan fingerprint density at radius 1 is 1.29 bits per heavy atom. The van der Waals surface area contributed by atoms with Gasteiger partial charge in [0.1, 0.15) is 6.10 Å². The highest BCUT2D eigenvalue weighted by Gasteiger charge is 2.23. The Morgan fingerprint density at radius 2 is 1.86 bits per heavy atom. The second-order valence-electron chi connectivity index (χ2n) is 5.79. The minimum atomic E-state index is -1.14. The maximum atomic E-state index is 11.7. The fourth-order valence-electron chi connectivity index (χ4n) is 1.86. The lowest BCUT2D eigenvalue weighted by Gasteiger charge is -2.23. The Labute approximate surface area is 127 Å². The average Bonchev–Trinajstić information content (AvgIpc) is 2.25. The zero-order chi connectivity index (χ0) is 16.6. The van der Waals surface area contributed by atoms with Gasteiger partial charge in [-0.05, 0) is 39.8 Å². The maximum absolute atomic E-state index is 11.7. The van der Waals surface area contributed by atoms with E-state index in [0.29, 0.717) is 0 Å². The monoisotopic (exact) mass is 294 g/mol. The first-order valence-corrected chi connectivity index (χ1v) is 6.94. The first kappa shape index (κ1) is 19.3. The van der Waals surface area contributed by atoms with Gasteiger partial charge in [0, 0.05) is 19.8 Å². The van der Waals surface area contributed by atoms with Gasteiger partial charge < -0.3 is 9.84 Å². The molecule has 0 fully saturated rings. The Bertz CT molecular complexity index is 451. The molecule has 0 bridgehead atoms. The van der Waals surface area contributed by atoms with Crippen LogP contribution in [-0.4, -0.2) is 28.6 Å². The van der Waals surface area contributed by atoms with E-state index >= 15 is 0 Å². The van der Waals surface area contributed by atoms with Gasteiger partial charge in [-0.3, -0.25) is 9.59 Å². The third-order valence-electron chi connectivity index (χ3n) is 2.74. The summed E-state index contributed by atoms with van der Waals surface area (Å²) in [5.41, 5.74) is 0.600. The molecule has 0 rings (SSSR count). The van der Waals surface area contributed by atoms with E-state index in [1.54, 1.807) is 26.0 Å². The van der Waals surface area contributed by atoms with Crippen molar-refractivity contribution >= 4 is 11.8 Å². The van der Waals surface area contributed by atoms with Gasteiger partial charge in [-0.15, -0.1) is 6.58 Å². The van der Waals surface area contributed by atoms with Crippen molar-refractivity contribution in [3.8, 4) is 0 Å². The molecule has 0 aromatic rings. The van der Waals surface area contributed by atoms with Crippen LogP contribution in [0, 0.1) is 0 Å². The molecule has 1 N–H and O–H groups in total. The smallest absolute Gasteiger partial charge is 0.303 e. The van der Waals surface area contributed by atoms with E-state index in [1.807, 2.05) is 13.8 Å². The Kier molecular flexibility index (Phi) is 7.89. The molecule has 0 aliphatic carbocycles. The molecule has 0 aromatic heterocycles. The summed E-state index contributed by atoms with van der Waals surface area (Å²) in [6.45, 7) is 12.0. The quantitative estimate of drug-likeness (QED) is 0.424. The molecule has 0 saturated heterocycles. The van der Waals surface area contributed by atoms with Crippen molar-refractivity contribution in [1.82, 2.24) is 0 Å². The highest BCUT2D eigenvalue weighted by atomic mass is 16.5. The number of allylic oxidation sites excluding steroid dienone is 3. The number of ether oxygens (including phenoxy) is 1. The molecule has 21 heavy (non-hydrogen) atoms. The lowest BCUT2D eigenvalue weighted by Crippen LogP contribution is -2.29. The van der Waals surface area contributed by atoms with Crippen molar-refractivity contribution < 1.29 is 19.4 Å². The summed E-state index contributed by atoms with van der Waals surface area (Å²) < 4.78 is 5.17. The molecule has 0 aromatic carbocycles. The SMILES string of the molecule is C=CC(C)(O)CC(C=C(C)CC(=O)C=C(C)C)OC(C)=O. The molecule has 2 unspecified atom stereocenters. The largest absolute Gasteiger partial charge is 0.458 e. The zero-order valence-corrected chi connectivity index (χ0v) is 13.6. The summed E-state index contributed by atoms with van der Waals surface area (Å²) in [4.78, 5) is 22.9. The molecular formula is C17H26O4. The second kappa shape index (κ2) is 8.57. The van der Waals surface area contributed by atoms with E-state index in [4.69, 9.17) is 4.74 Å². The molecule has 0 saturated carbocycles. The highest BCUT2D eigenvalue weighted by Crippen LogP contribution is 2.18. The molecule has 0 heterocycles. The number of hydrogen-bond donors (Lipinski definition) is 1. The third-order valence-corrected chi connectivity index (χ3v) is 2.74. The Hall–Kier alpha value is -1.68. The van der Waals surface area contributed by atoms with E-state index in [0.717, 1.165) is 11.1 Å². The van der Waals surface area contributed by atoms with Crippen molar-refractivity contribution in [2.75, 3.05) is 0 Å². The van der Waals surface area contributed by atoms with E-state index in [2.05, 4.69) is 6.58 Å². The van der Waals surface area contributed by atoms with E-state index in [1.165, 1.54) is 13.0 Å². The van der Waals surface area contributed by atoms with E-state index in [-0.39, 0.29) is 18.6 Å². The fraction of sp³-hybridized carbons (Fsp3) is 0.529. The van der Waals surface area contributed by atoms with Crippen molar-refractivity contribution in [1.29, 1.82) is 0 Å². The van der Waals surface area contributed by atoms with E-state index in [9.17, 15) is 14.7 Å². The van der Waals surface area contributed by atoms with Crippen molar-refractivity contribution in [2.45, 2.75) is 59.2 Å². The van der Waals surface area contributed by atoms with Crippen LogP contribution in [0.15, 0.2) is 36.0 Å². The average molecular weight is 294 g/mol. The van der Waals surface area contributed by atoms with Crippen LogP contribution in [0.2, 0.25) is 0 Å². The molecular weight excluding hydrogens is 268 g/mol. The van der Waals surface area contributed by atoms with Gasteiger partial charge in [0.25, 0.3) is 0 Å². The normalized spacial score (nSPS) is 15.6. The van der Waals surface area contributed by atoms with Crippen LogP contribution in [0.3, 0.4) is 0 Å². The van der Waals surface area contributed by atoms with Crippen LogP contribution in [-0.2, 0) is 14.3 Å². The molecule has 4 nitrogen and oxygen atoms in total. The van der Waals surface area contributed by atoms with Gasteiger partial charge in [0.15, 0.2) is 5.78 Å². The molecule has 4 heteroatoms. The Morgan fingerprint density at radius 3 is 2.29 bits per heavy atom. The van der Waals surface area contributed by atoms with Crippen molar-refractivity contribution in [3.05, 3.63) is 36.0 Å². The molecule has 0 aliphatic rings. The summed E-state index contributed by atoms with van der Waals surface area (Å²) in [5.74, 6) is -0.430. The van der Waals surface area contributed by atoms with Crippen LogP contribution in [0.25, 0.3) is 0 Å². The number of carbonyl (C=O) groups excluding carboxylic acids is 2. The zero-order valence-electron chi connectivity index (χ0n) is 13.6. The number of hydrogen-bond acceptors (Lipinski definition) is 4. The minimum absolute atomic E-state index is 0.000746. The number of carbonyl (C=O) groups is 2. The van der Waals surface area contributed by atoms with Gasteiger partial charge in [0.2, 0.25) is 0 Å². The van der Waals surface area contributed by atoms with E-state index < -0.39 is 17.7 Å². The molecule has 0 amide bonds. The number of rotatable bonds is 8. The Balaban J connectivity index is 4.96. The first-order valence-electron chi connectivity index (χ1n) is 6.94. The van der Waals surface area contributed by atoms with Gasteiger partial charge in [-0.25, -0.2) is 0 Å². The maximum Gasteiger partial charge on any atom is 0.303 e. The van der Waals surface area contributed by atoms with Crippen LogP contribution in [0.1, 0.15) is 47.5 Å². The molecule has 2 atom stereocenters. The summed E-state index contributed by atoms with van der Waals surface area (Å²) in [5, 5.41) is 10.0. The van der Waals surface area contributed by atoms with Gasteiger partial charge in [0.05, 0.1) is 5.60 Å². The summed E-state index contributed by atoms with van der Waals surface area (Å²) in [6, 6.07) is 0. The molecule has 118 valence electrons. The number of esters is 1. The molecule has 0 aliphatic heterocycles. The van der Waals surface area contributed by atoms with Crippen LogP contribution in [0.4, 0.5) is 0 Å². The van der Waals surface area contributed by atoms with Gasteiger partial charge in [-0.2, -0.15) is 0 Å². The van der Waals surface area contributed by atoms with Gasteiger partial charge in [-0.1, -0.05) is 17.2 Å². The van der Waals surface area contributed by atoms with Crippen LogP contribution in [0.5, 0.6) is 0 Å². The lowest BCUT2D eigenvalue weighted by molar-refractivity contribution is -0.145. The highest BCUT2D eigenvalue weighted by molar-refractivity contribution is 5.91. The summed E-state index contributed by atoms with van der Waals surface area (Å²) in [6.07, 6.45) is 4.56. The summed E-state index contributed by atoms with van der Waals surface area (Å²) >= 11 is 0. The second-order valence-corrected chi connectivity index (χ2v) is 5.79. The predicted molar refractivity (Wildman–Crippen MR) is 83.8 cm³/mol. The fourth-order valence-corrected chi connectivity index (χ4v) is 1.86. The molecule has 0 spiro atoms. The predicted octanol–water partition coefficient (Wildman–Crippen LogP) is 3.12. The topological polar surface area (TPSA) is 63.6 Å². The summed E-state index contributed by atoms with van der Waals surface area (Å²) in [7, 11) is 0. The van der Waals surface area contributed by atoms with Crippen LogP contribution >= 0.6 is 0 Å². The van der Waals surface area contributed by atoms with Crippen molar-refractivity contribution in [3.63, 3.8) is 0 Å².